The molecule has 0 aromatic heterocycles. The minimum atomic E-state index is -4.79. The monoisotopic (exact) mass is 669 g/mol. The third-order valence-corrected chi connectivity index (χ3v) is 8.90. The van der Waals surface area contributed by atoms with Gasteiger partial charge in [0.15, 0.2) is 0 Å². The zero-order valence-corrected chi connectivity index (χ0v) is 26.9. The lowest BCUT2D eigenvalue weighted by Gasteiger charge is -2.35. The Labute approximate surface area is 271 Å². The Hall–Kier alpha value is -4.71. The minimum absolute atomic E-state index is 0.0324. The molecule has 7 nitrogen and oxygen atoms in total. The van der Waals surface area contributed by atoms with Crippen molar-refractivity contribution in [3.05, 3.63) is 132 Å². The van der Waals surface area contributed by atoms with E-state index in [9.17, 15) is 35.6 Å². The van der Waals surface area contributed by atoms with Gasteiger partial charge in [-0.3, -0.25) is 13.9 Å². The lowest BCUT2D eigenvalue weighted by atomic mass is 10.0. The molecule has 2 amide bonds. The molecule has 0 aliphatic carbocycles. The standard InChI is InChI=1S/C35H35F4N3O4S/c1-34(2,3)40-33(44)31(21-25-11-6-4-7-12-25)41(23-26-17-19-28(36)20-18-26)32(43)24-42(47(45,46)30-15-8-5-9-16-30)29-14-10-13-27(22-29)35(37,38)39/h4-20,22,31H,21,23-24H2,1-3H3,(H,40,44)/t31-/m0/s1. The van der Waals surface area contributed by atoms with Gasteiger partial charge >= 0.3 is 6.18 Å². The van der Waals surface area contributed by atoms with Gasteiger partial charge in [0.05, 0.1) is 16.1 Å². The number of hydrogen-bond acceptors (Lipinski definition) is 4. The lowest BCUT2D eigenvalue weighted by molar-refractivity contribution is -0.140. The fourth-order valence-electron chi connectivity index (χ4n) is 4.88. The average Bonchev–Trinajstić information content (AvgIpc) is 3.02. The largest absolute Gasteiger partial charge is 0.416 e. The molecule has 0 unspecified atom stereocenters. The molecule has 248 valence electrons. The summed E-state index contributed by atoms with van der Waals surface area (Å²) in [6.07, 6.45) is -4.76. The second-order valence-electron chi connectivity index (χ2n) is 12.0. The molecule has 12 heteroatoms. The molecule has 0 bridgehead atoms. The number of alkyl halides is 3. The van der Waals surface area contributed by atoms with Crippen LogP contribution in [-0.2, 0) is 38.8 Å². The number of hydrogen-bond donors (Lipinski definition) is 1. The number of halogens is 4. The summed E-state index contributed by atoms with van der Waals surface area (Å²) in [5.41, 5.74) is -1.07. The molecule has 0 saturated heterocycles. The second-order valence-corrected chi connectivity index (χ2v) is 13.8. The van der Waals surface area contributed by atoms with E-state index in [0.717, 1.165) is 12.1 Å². The molecule has 4 rings (SSSR count). The first-order chi connectivity index (χ1) is 22.0. The van der Waals surface area contributed by atoms with Crippen LogP contribution in [-0.4, -0.2) is 43.3 Å². The van der Waals surface area contributed by atoms with Crippen molar-refractivity contribution in [3.63, 3.8) is 0 Å². The maximum absolute atomic E-state index is 14.4. The van der Waals surface area contributed by atoms with Crippen molar-refractivity contribution < 1.29 is 35.6 Å². The smallest absolute Gasteiger partial charge is 0.350 e. The first-order valence-electron chi connectivity index (χ1n) is 14.7. The summed E-state index contributed by atoms with van der Waals surface area (Å²) in [6, 6.07) is 23.6. The van der Waals surface area contributed by atoms with Crippen LogP contribution in [0.1, 0.15) is 37.5 Å². The Bertz CT molecular complexity index is 1780. The number of benzene rings is 4. The van der Waals surface area contributed by atoms with Crippen LogP contribution in [0.15, 0.2) is 114 Å². The number of carbonyl (C=O) groups excluding carboxylic acids is 2. The van der Waals surface area contributed by atoms with Gasteiger partial charge in [-0.2, -0.15) is 13.2 Å². The molecular weight excluding hydrogens is 634 g/mol. The van der Waals surface area contributed by atoms with Gasteiger partial charge < -0.3 is 10.2 Å². The van der Waals surface area contributed by atoms with Crippen LogP contribution in [0, 0.1) is 5.82 Å². The number of amides is 2. The highest BCUT2D eigenvalue weighted by molar-refractivity contribution is 7.92. The first kappa shape index (κ1) is 35.1. The highest BCUT2D eigenvalue weighted by Crippen LogP contribution is 2.33. The summed E-state index contributed by atoms with van der Waals surface area (Å²) >= 11 is 0. The fraction of sp³-hybridized carbons (Fsp3) is 0.257. The zero-order valence-electron chi connectivity index (χ0n) is 26.0. The second kappa shape index (κ2) is 14.4. The maximum atomic E-state index is 14.4. The Morgan fingerprint density at radius 1 is 0.787 bits per heavy atom. The molecular formula is C35H35F4N3O4S. The molecule has 4 aromatic carbocycles. The predicted molar refractivity (Wildman–Crippen MR) is 171 cm³/mol. The molecule has 1 atom stereocenters. The fourth-order valence-corrected chi connectivity index (χ4v) is 6.31. The van der Waals surface area contributed by atoms with E-state index in [1.807, 2.05) is 0 Å². The van der Waals surface area contributed by atoms with Crippen LogP contribution in [0.4, 0.5) is 23.2 Å². The van der Waals surface area contributed by atoms with Crippen LogP contribution in [0.5, 0.6) is 0 Å². The predicted octanol–water partition coefficient (Wildman–Crippen LogP) is 6.59. The third-order valence-electron chi connectivity index (χ3n) is 7.11. The van der Waals surface area contributed by atoms with Crippen LogP contribution < -0.4 is 9.62 Å². The topological polar surface area (TPSA) is 86.8 Å². The van der Waals surface area contributed by atoms with Crippen LogP contribution in [0.2, 0.25) is 0 Å². The molecule has 1 N–H and O–H groups in total. The normalized spacial score (nSPS) is 12.7. The molecule has 47 heavy (non-hydrogen) atoms. The Morgan fingerprint density at radius 2 is 1.38 bits per heavy atom. The van der Waals surface area contributed by atoms with Crippen molar-refractivity contribution >= 4 is 27.5 Å². The minimum Gasteiger partial charge on any atom is -0.350 e. The van der Waals surface area contributed by atoms with E-state index in [0.29, 0.717) is 21.5 Å². The molecule has 4 aromatic rings. The van der Waals surface area contributed by atoms with Crippen molar-refractivity contribution in [1.82, 2.24) is 10.2 Å². The number of rotatable bonds is 11. The molecule has 0 heterocycles. The van der Waals surface area contributed by atoms with Gasteiger partial charge in [-0.25, -0.2) is 12.8 Å². The third kappa shape index (κ3) is 9.41. The molecule has 0 aliphatic heterocycles. The van der Waals surface area contributed by atoms with Crippen LogP contribution >= 0.6 is 0 Å². The van der Waals surface area contributed by atoms with Crippen molar-refractivity contribution in [2.24, 2.45) is 0 Å². The van der Waals surface area contributed by atoms with Gasteiger partial charge in [0, 0.05) is 18.5 Å². The average molecular weight is 670 g/mol. The lowest BCUT2D eigenvalue weighted by Crippen LogP contribution is -2.56. The van der Waals surface area contributed by atoms with Crippen molar-refractivity contribution in [3.8, 4) is 0 Å². The number of carbonyl (C=O) groups is 2. The van der Waals surface area contributed by atoms with E-state index in [2.05, 4.69) is 5.32 Å². The summed E-state index contributed by atoms with van der Waals surface area (Å²) in [4.78, 5) is 29.2. The van der Waals surface area contributed by atoms with E-state index in [4.69, 9.17) is 0 Å². The quantitative estimate of drug-likeness (QED) is 0.183. The van der Waals surface area contributed by atoms with E-state index in [1.165, 1.54) is 59.5 Å². The Kier molecular flexibility index (Phi) is 10.7. The van der Waals surface area contributed by atoms with Crippen molar-refractivity contribution in [2.45, 2.75) is 56.4 Å². The summed E-state index contributed by atoms with van der Waals surface area (Å²) < 4.78 is 83.6. The van der Waals surface area contributed by atoms with Gasteiger partial charge in [0.25, 0.3) is 10.0 Å². The van der Waals surface area contributed by atoms with Crippen molar-refractivity contribution in [1.29, 1.82) is 0 Å². The molecule has 0 radical (unpaired) electrons. The van der Waals surface area contributed by atoms with E-state index < -0.39 is 63.2 Å². The molecule has 0 fully saturated rings. The van der Waals surface area contributed by atoms with E-state index in [1.54, 1.807) is 57.2 Å². The molecule has 0 aliphatic rings. The van der Waals surface area contributed by atoms with Gasteiger partial charge in [-0.1, -0.05) is 66.7 Å². The summed E-state index contributed by atoms with van der Waals surface area (Å²) in [6.45, 7) is 4.12. The molecule has 0 spiro atoms. The van der Waals surface area contributed by atoms with Gasteiger partial charge in [-0.05, 0) is 74.4 Å². The Balaban J connectivity index is 1.85. The van der Waals surface area contributed by atoms with Gasteiger partial charge in [0.1, 0.15) is 18.4 Å². The van der Waals surface area contributed by atoms with Gasteiger partial charge in [0.2, 0.25) is 11.8 Å². The van der Waals surface area contributed by atoms with Crippen LogP contribution in [0.25, 0.3) is 0 Å². The Morgan fingerprint density at radius 3 is 1.96 bits per heavy atom. The summed E-state index contributed by atoms with van der Waals surface area (Å²) in [5.74, 6) is -1.92. The van der Waals surface area contributed by atoms with E-state index in [-0.39, 0.29) is 17.9 Å². The number of sulfonamides is 1. The highest BCUT2D eigenvalue weighted by atomic mass is 32.2. The number of anilines is 1. The van der Waals surface area contributed by atoms with E-state index >= 15 is 0 Å². The summed E-state index contributed by atoms with van der Waals surface area (Å²) in [5, 5.41) is 2.89. The maximum Gasteiger partial charge on any atom is 0.416 e. The SMILES string of the molecule is CC(C)(C)NC(=O)[C@H](Cc1ccccc1)N(Cc1ccc(F)cc1)C(=O)CN(c1cccc(C(F)(F)F)c1)S(=O)(=O)c1ccccc1. The van der Waals surface area contributed by atoms with Crippen LogP contribution in [0.3, 0.4) is 0 Å². The first-order valence-corrected chi connectivity index (χ1v) is 16.1. The summed E-state index contributed by atoms with van der Waals surface area (Å²) in [7, 11) is -4.59. The zero-order chi connectivity index (χ0) is 34.4. The number of nitrogens with zero attached hydrogens (tertiary/aromatic N) is 2. The number of nitrogens with one attached hydrogen (secondary N) is 1. The van der Waals surface area contributed by atoms with Crippen molar-refractivity contribution in [2.75, 3.05) is 10.8 Å². The molecule has 0 saturated carbocycles. The van der Waals surface area contributed by atoms with Gasteiger partial charge in [-0.15, -0.1) is 0 Å². The highest BCUT2D eigenvalue weighted by Gasteiger charge is 2.37.